The van der Waals surface area contributed by atoms with Gasteiger partial charge in [0.15, 0.2) is 23.1 Å². The summed E-state index contributed by atoms with van der Waals surface area (Å²) >= 11 is 0. The zero-order chi connectivity index (χ0) is 15.7. The lowest BCUT2D eigenvalue weighted by Crippen LogP contribution is -2.08. The number of nitrogens with zero attached hydrogens (tertiary/aromatic N) is 3. The third-order valence-electron chi connectivity index (χ3n) is 2.65. The normalized spacial score (nSPS) is 10.7. The smallest absolute Gasteiger partial charge is 0.358 e. The van der Waals surface area contributed by atoms with E-state index < -0.39 is 34.7 Å². The molecule has 0 amide bonds. The fourth-order valence-corrected chi connectivity index (χ4v) is 1.80. The molecule has 110 valence electrons. The Hall–Kier alpha value is -2.64. The third kappa shape index (κ3) is 2.64. The molecule has 0 fully saturated rings. The van der Waals surface area contributed by atoms with Crippen LogP contribution in [0.25, 0.3) is 11.3 Å². The number of halogens is 3. The second kappa shape index (κ2) is 5.39. The zero-order valence-electron chi connectivity index (χ0n) is 10.9. The highest BCUT2D eigenvalue weighted by molar-refractivity contribution is 5.92. The van der Waals surface area contributed by atoms with Gasteiger partial charge in [-0.15, -0.1) is 5.10 Å². The van der Waals surface area contributed by atoms with E-state index in [4.69, 9.17) is 5.11 Å². The molecule has 2 aromatic rings. The van der Waals surface area contributed by atoms with Gasteiger partial charge in [0, 0.05) is 5.56 Å². The molecule has 0 aliphatic rings. The molecule has 0 radical (unpaired) electrons. The summed E-state index contributed by atoms with van der Waals surface area (Å²) in [6.45, 7) is 5.34. The Morgan fingerprint density at radius 2 is 2.00 bits per heavy atom. The van der Waals surface area contributed by atoms with E-state index in [2.05, 4.69) is 16.9 Å². The van der Waals surface area contributed by atoms with Gasteiger partial charge >= 0.3 is 5.97 Å². The highest BCUT2D eigenvalue weighted by atomic mass is 19.2. The van der Waals surface area contributed by atoms with Crippen LogP contribution < -0.4 is 0 Å². The zero-order valence-corrected chi connectivity index (χ0v) is 10.9. The van der Waals surface area contributed by atoms with E-state index >= 15 is 0 Å². The van der Waals surface area contributed by atoms with Crippen molar-refractivity contribution in [3.63, 3.8) is 0 Å². The predicted molar refractivity (Wildman–Crippen MR) is 67.1 cm³/mol. The molecule has 0 saturated carbocycles. The summed E-state index contributed by atoms with van der Waals surface area (Å²) in [6.07, 6.45) is 0. The molecule has 1 aromatic carbocycles. The molecule has 1 N–H and O–H groups in total. The Balaban J connectivity index is 2.72. The minimum absolute atomic E-state index is 0.0635. The highest BCUT2D eigenvalue weighted by Gasteiger charge is 2.25. The molecule has 21 heavy (non-hydrogen) atoms. The molecule has 1 aromatic heterocycles. The fraction of sp³-hybridized carbons (Fsp3) is 0.154. The Morgan fingerprint density at radius 3 is 2.57 bits per heavy atom. The van der Waals surface area contributed by atoms with E-state index in [-0.39, 0.29) is 12.2 Å². The molecule has 0 spiro atoms. The van der Waals surface area contributed by atoms with Crippen LogP contribution in [0.5, 0.6) is 0 Å². The minimum atomic E-state index is -1.69. The number of carboxylic acids is 1. The average Bonchev–Trinajstić information content (AvgIpc) is 2.79. The molecule has 0 aliphatic carbocycles. The number of aromatic carboxylic acids is 1. The van der Waals surface area contributed by atoms with Gasteiger partial charge in [0.05, 0.1) is 6.54 Å². The first kappa shape index (κ1) is 14.8. The number of benzene rings is 1. The first-order valence-corrected chi connectivity index (χ1v) is 5.78. The lowest BCUT2D eigenvalue weighted by molar-refractivity contribution is 0.0691. The van der Waals surface area contributed by atoms with Crippen molar-refractivity contribution in [1.82, 2.24) is 15.0 Å². The van der Waals surface area contributed by atoms with E-state index in [1.165, 1.54) is 0 Å². The van der Waals surface area contributed by atoms with E-state index in [9.17, 15) is 18.0 Å². The van der Waals surface area contributed by atoms with Gasteiger partial charge in [-0.3, -0.25) is 0 Å². The second-order valence-corrected chi connectivity index (χ2v) is 4.43. The maximum atomic E-state index is 13.9. The standard InChI is InChI=1S/C13H10F3N3O2/c1-6(2)5-19-12(11(13(20)21)17-18-19)7-3-4-8(14)10(16)9(7)15/h3-4H,1,5H2,2H3,(H,20,21). The molecule has 8 heteroatoms. The number of hydrogen-bond acceptors (Lipinski definition) is 3. The molecule has 0 atom stereocenters. The molecular formula is C13H10F3N3O2. The summed E-state index contributed by atoms with van der Waals surface area (Å²) in [5.41, 5.74) is -0.637. The van der Waals surface area contributed by atoms with Crippen LogP contribution in [0.1, 0.15) is 17.4 Å². The highest BCUT2D eigenvalue weighted by Crippen LogP contribution is 2.28. The van der Waals surface area contributed by atoms with Crippen LogP contribution in [0.4, 0.5) is 13.2 Å². The summed E-state index contributed by atoms with van der Waals surface area (Å²) in [7, 11) is 0. The number of hydrogen-bond donors (Lipinski definition) is 1. The van der Waals surface area contributed by atoms with Gasteiger partial charge in [0.1, 0.15) is 5.69 Å². The summed E-state index contributed by atoms with van der Waals surface area (Å²) < 4.78 is 41.3. The van der Waals surface area contributed by atoms with Gasteiger partial charge in [-0.1, -0.05) is 17.4 Å². The fourth-order valence-electron chi connectivity index (χ4n) is 1.80. The summed E-state index contributed by atoms with van der Waals surface area (Å²) in [6, 6.07) is 1.64. The summed E-state index contributed by atoms with van der Waals surface area (Å²) in [5.74, 6) is -6.01. The van der Waals surface area contributed by atoms with Gasteiger partial charge < -0.3 is 5.11 Å². The van der Waals surface area contributed by atoms with Crippen LogP contribution in [0.15, 0.2) is 24.3 Å². The van der Waals surface area contributed by atoms with E-state index in [0.29, 0.717) is 11.6 Å². The van der Waals surface area contributed by atoms with E-state index in [0.717, 1.165) is 10.7 Å². The van der Waals surface area contributed by atoms with Crippen LogP contribution in [-0.2, 0) is 6.54 Å². The predicted octanol–water partition coefficient (Wildman–Crippen LogP) is 2.64. The SMILES string of the molecule is C=C(C)Cn1nnc(C(=O)O)c1-c1ccc(F)c(F)c1F. The second-order valence-electron chi connectivity index (χ2n) is 4.43. The van der Waals surface area contributed by atoms with Crippen molar-refractivity contribution in [2.45, 2.75) is 13.5 Å². The number of carboxylic acid groups (broad SMARTS) is 1. The Labute approximate surface area is 117 Å². The van der Waals surface area contributed by atoms with Gasteiger partial charge in [-0.2, -0.15) is 0 Å². The largest absolute Gasteiger partial charge is 0.476 e. The van der Waals surface area contributed by atoms with Crippen molar-refractivity contribution in [1.29, 1.82) is 0 Å². The van der Waals surface area contributed by atoms with Crippen molar-refractivity contribution < 1.29 is 23.1 Å². The van der Waals surface area contributed by atoms with E-state index in [1.54, 1.807) is 6.92 Å². The number of allylic oxidation sites excluding steroid dienone is 1. The molecule has 0 aliphatic heterocycles. The van der Waals surface area contributed by atoms with Crippen molar-refractivity contribution in [3.8, 4) is 11.3 Å². The third-order valence-corrected chi connectivity index (χ3v) is 2.65. The minimum Gasteiger partial charge on any atom is -0.476 e. The summed E-state index contributed by atoms with van der Waals surface area (Å²) in [4.78, 5) is 11.1. The quantitative estimate of drug-likeness (QED) is 0.696. The van der Waals surface area contributed by atoms with E-state index in [1.807, 2.05) is 0 Å². The van der Waals surface area contributed by atoms with Crippen molar-refractivity contribution in [2.75, 3.05) is 0 Å². The Bertz CT molecular complexity index is 741. The molecular weight excluding hydrogens is 287 g/mol. The monoisotopic (exact) mass is 297 g/mol. The van der Waals surface area contributed by atoms with Gasteiger partial charge in [0.2, 0.25) is 0 Å². The van der Waals surface area contributed by atoms with Gasteiger partial charge in [-0.25, -0.2) is 22.6 Å². The van der Waals surface area contributed by atoms with Crippen LogP contribution in [0.3, 0.4) is 0 Å². The van der Waals surface area contributed by atoms with Crippen molar-refractivity contribution in [2.24, 2.45) is 0 Å². The number of carbonyl (C=O) groups is 1. The molecule has 2 rings (SSSR count). The molecule has 1 heterocycles. The van der Waals surface area contributed by atoms with Crippen LogP contribution in [-0.4, -0.2) is 26.1 Å². The maximum absolute atomic E-state index is 13.9. The Kier molecular flexibility index (Phi) is 3.79. The lowest BCUT2D eigenvalue weighted by Gasteiger charge is -2.08. The van der Waals surface area contributed by atoms with Crippen LogP contribution in [0, 0.1) is 17.5 Å². The summed E-state index contributed by atoms with van der Waals surface area (Å²) in [5, 5.41) is 16.1. The lowest BCUT2D eigenvalue weighted by atomic mass is 10.1. The van der Waals surface area contributed by atoms with Crippen molar-refractivity contribution >= 4 is 5.97 Å². The molecule has 0 bridgehead atoms. The number of aromatic nitrogens is 3. The Morgan fingerprint density at radius 1 is 1.33 bits per heavy atom. The molecule has 0 saturated heterocycles. The van der Waals surface area contributed by atoms with Gasteiger partial charge in [0.25, 0.3) is 0 Å². The number of rotatable bonds is 4. The first-order chi connectivity index (χ1) is 9.82. The molecule has 0 unspecified atom stereocenters. The molecule has 5 nitrogen and oxygen atoms in total. The van der Waals surface area contributed by atoms with Crippen LogP contribution >= 0.6 is 0 Å². The van der Waals surface area contributed by atoms with Crippen molar-refractivity contribution in [3.05, 3.63) is 47.4 Å². The topological polar surface area (TPSA) is 68.0 Å². The van der Waals surface area contributed by atoms with Crippen LogP contribution in [0.2, 0.25) is 0 Å². The first-order valence-electron chi connectivity index (χ1n) is 5.78. The average molecular weight is 297 g/mol. The maximum Gasteiger partial charge on any atom is 0.358 e. The van der Waals surface area contributed by atoms with Gasteiger partial charge in [-0.05, 0) is 19.1 Å².